The van der Waals surface area contributed by atoms with E-state index in [1.807, 2.05) is 36.4 Å². The van der Waals surface area contributed by atoms with E-state index in [1.54, 1.807) is 36.7 Å². The quantitative estimate of drug-likeness (QED) is 0.245. The number of aromatic nitrogens is 2. The summed E-state index contributed by atoms with van der Waals surface area (Å²) in [6.45, 7) is 0. The minimum atomic E-state index is -4.59. The molecule has 2 heterocycles. The van der Waals surface area contributed by atoms with Crippen LogP contribution in [0.1, 0.15) is 5.56 Å². The molecule has 8 nitrogen and oxygen atoms in total. The molecule has 0 aliphatic heterocycles. The molecule has 0 spiro atoms. The van der Waals surface area contributed by atoms with Crippen LogP contribution in [0.4, 0.5) is 5.69 Å². The van der Waals surface area contributed by atoms with Crippen molar-refractivity contribution in [2.45, 2.75) is 4.90 Å². The van der Waals surface area contributed by atoms with E-state index in [0.717, 1.165) is 18.5 Å². The summed E-state index contributed by atoms with van der Waals surface area (Å²) in [6, 6.07) is 23.4. The molecule has 10 heteroatoms. The molecule has 0 atom stereocenters. The number of aliphatic hydroxyl groups excluding tert-OH is 1. The van der Waals surface area contributed by atoms with Gasteiger partial charge in [-0.3, -0.25) is 15.0 Å². The van der Waals surface area contributed by atoms with E-state index in [0.29, 0.717) is 5.56 Å². The fraction of sp³-hybridized carbons (Fsp3) is 0.0417. The molecule has 0 fully saturated rings. The molecule has 0 unspecified atom stereocenters. The number of rotatable bonds is 4. The minimum absolute atomic E-state index is 0. The molecule has 2 aromatic heterocycles. The Balaban J connectivity index is 0.000000332. The van der Waals surface area contributed by atoms with Crippen LogP contribution in [0.5, 0.6) is 5.75 Å². The van der Waals surface area contributed by atoms with Crippen molar-refractivity contribution in [1.29, 1.82) is 0 Å². The van der Waals surface area contributed by atoms with Gasteiger partial charge in [-0.1, -0.05) is 48.5 Å². The second-order valence-electron chi connectivity index (χ2n) is 6.15. The van der Waals surface area contributed by atoms with Crippen molar-refractivity contribution in [2.24, 2.45) is 4.99 Å². The van der Waals surface area contributed by atoms with Crippen molar-refractivity contribution < 1.29 is 40.3 Å². The Labute approximate surface area is 208 Å². The summed E-state index contributed by atoms with van der Waals surface area (Å²) in [5, 5.41) is 18.5. The first-order chi connectivity index (χ1) is 15.9. The topological polar surface area (TPSA) is 139 Å². The van der Waals surface area contributed by atoms with E-state index in [2.05, 4.69) is 15.0 Å². The predicted octanol–water partition coefficient (Wildman–Crippen LogP) is 3.16. The van der Waals surface area contributed by atoms with Crippen LogP contribution >= 0.6 is 0 Å². The van der Waals surface area contributed by atoms with Crippen molar-refractivity contribution in [3.63, 3.8) is 0 Å². The number of benzene rings is 2. The predicted molar refractivity (Wildman–Crippen MR) is 123 cm³/mol. The van der Waals surface area contributed by atoms with Gasteiger partial charge in [0, 0.05) is 25.7 Å². The fourth-order valence-corrected chi connectivity index (χ4v) is 3.15. The summed E-state index contributed by atoms with van der Waals surface area (Å²) in [6.07, 6.45) is 4.78. The van der Waals surface area contributed by atoms with Gasteiger partial charge in [-0.25, -0.2) is 8.42 Å². The van der Waals surface area contributed by atoms with Crippen molar-refractivity contribution >= 4 is 22.0 Å². The normalized spacial score (nSPS) is 10.2. The molecule has 1 radical (unpaired) electrons. The van der Waals surface area contributed by atoms with Crippen LogP contribution in [0.2, 0.25) is 0 Å². The van der Waals surface area contributed by atoms with E-state index in [-0.39, 0.29) is 28.5 Å². The zero-order valence-electron chi connectivity index (χ0n) is 17.9. The number of aliphatic hydroxyl groups is 1. The Bertz CT molecular complexity index is 1230. The molecule has 1 N–H and O–H groups in total. The van der Waals surface area contributed by atoms with E-state index < -0.39 is 15.0 Å². The van der Waals surface area contributed by atoms with Gasteiger partial charge >= 0.3 is 17.1 Å². The number of aliphatic imine (C=N–C) groups is 1. The summed E-state index contributed by atoms with van der Waals surface area (Å²) in [7, 11) is -3.59. The molecular weight excluding hydrogens is 506 g/mol. The second kappa shape index (κ2) is 14.7. The zero-order chi connectivity index (χ0) is 24.1. The van der Waals surface area contributed by atoms with E-state index in [4.69, 9.17) is 5.11 Å². The number of nitrogens with zero attached hydrogens (tertiary/aromatic N) is 3. The Hall–Kier alpha value is -3.40. The molecule has 0 saturated heterocycles. The number of para-hydroxylation sites is 2. The first-order valence-electron chi connectivity index (χ1n) is 9.57. The van der Waals surface area contributed by atoms with Gasteiger partial charge in [0.1, 0.15) is 10.1 Å². The largest absolute Gasteiger partial charge is 2.00 e. The van der Waals surface area contributed by atoms with Crippen molar-refractivity contribution in [1.82, 2.24) is 9.97 Å². The van der Waals surface area contributed by atoms with Gasteiger partial charge in [0.15, 0.2) is 0 Å². The Morgan fingerprint density at radius 2 is 1.29 bits per heavy atom. The molecule has 0 amide bonds. The van der Waals surface area contributed by atoms with Crippen LogP contribution in [0.25, 0.3) is 11.4 Å². The van der Waals surface area contributed by atoms with Crippen molar-refractivity contribution in [2.75, 3.05) is 7.11 Å². The Morgan fingerprint density at radius 1 is 0.794 bits per heavy atom. The molecule has 0 aliphatic carbocycles. The second-order valence-corrected chi connectivity index (χ2v) is 7.50. The fourth-order valence-electron chi connectivity index (χ4n) is 2.53. The maximum atomic E-state index is 11.5. The standard InChI is InChI=1S/C13H11NO4S.C10H8N2.CH4O.Cu/c15-12-7-3-1-5-10(12)9-14-11-6-2-4-8-13(11)19(16,17)18;1-3-7-11-9(5-1)10-6-2-4-8-12-10;1-2;/h1-9,15H,(H,16,17,18);1-8H;2H,1H3;/q;;;+2/p-2. The average molecular weight is 527 g/mol. The van der Waals surface area contributed by atoms with Crippen LogP contribution in [-0.2, 0) is 27.2 Å². The molecule has 2 aromatic carbocycles. The van der Waals surface area contributed by atoms with Gasteiger partial charge in [0.25, 0.3) is 0 Å². The van der Waals surface area contributed by atoms with Gasteiger partial charge in [-0.2, -0.15) is 0 Å². The summed E-state index contributed by atoms with van der Waals surface area (Å²) >= 11 is 0. The average Bonchev–Trinajstić information content (AvgIpc) is 2.86. The van der Waals surface area contributed by atoms with Crippen LogP contribution in [0, 0.1) is 0 Å². The van der Waals surface area contributed by atoms with Crippen LogP contribution < -0.4 is 5.11 Å². The SMILES string of the molecule is CO.O=S(=O)([O-])c1ccccc1N=Cc1ccccc1[O-].[Cu+2].c1ccc(-c2ccccn2)nc1. The molecule has 0 saturated carbocycles. The molecular formula is C24H21CuN3O5S. The minimum Gasteiger partial charge on any atom is -0.872 e. The number of hydrogen-bond donors (Lipinski definition) is 1. The number of pyridine rings is 2. The van der Waals surface area contributed by atoms with E-state index >= 15 is 0 Å². The smallest absolute Gasteiger partial charge is 0.872 e. The third-order valence-electron chi connectivity index (χ3n) is 3.99. The molecule has 0 aliphatic rings. The van der Waals surface area contributed by atoms with Gasteiger partial charge in [-0.15, -0.1) is 5.75 Å². The van der Waals surface area contributed by atoms with Crippen molar-refractivity contribution in [3.05, 3.63) is 103 Å². The maximum absolute atomic E-state index is 11.5. The Morgan fingerprint density at radius 3 is 1.79 bits per heavy atom. The maximum Gasteiger partial charge on any atom is 2.00 e. The van der Waals surface area contributed by atoms with Gasteiger partial charge < -0.3 is 14.8 Å². The molecule has 4 rings (SSSR count). The molecule has 34 heavy (non-hydrogen) atoms. The number of hydrogen-bond acceptors (Lipinski definition) is 8. The van der Waals surface area contributed by atoms with E-state index in [9.17, 15) is 18.1 Å². The molecule has 179 valence electrons. The summed E-state index contributed by atoms with van der Waals surface area (Å²) < 4.78 is 33.1. The molecule has 4 aromatic rings. The monoisotopic (exact) mass is 526 g/mol. The first kappa shape index (κ1) is 28.6. The van der Waals surface area contributed by atoms with E-state index in [1.165, 1.54) is 30.5 Å². The Kier molecular flexibility index (Phi) is 12.4. The van der Waals surface area contributed by atoms with Gasteiger partial charge in [-0.05, 0) is 42.0 Å². The summed E-state index contributed by atoms with van der Waals surface area (Å²) in [4.78, 5) is 11.9. The van der Waals surface area contributed by atoms with Crippen LogP contribution in [0.15, 0.2) is 107 Å². The van der Waals surface area contributed by atoms with Crippen molar-refractivity contribution in [3.8, 4) is 17.1 Å². The van der Waals surface area contributed by atoms with Crippen LogP contribution in [0.3, 0.4) is 0 Å². The first-order valence-corrected chi connectivity index (χ1v) is 11.0. The van der Waals surface area contributed by atoms with Gasteiger partial charge in [0.05, 0.1) is 22.0 Å². The van der Waals surface area contributed by atoms with Gasteiger partial charge in [0.2, 0.25) is 0 Å². The third-order valence-corrected chi connectivity index (χ3v) is 4.87. The summed E-state index contributed by atoms with van der Waals surface area (Å²) in [5.41, 5.74) is 2.16. The summed E-state index contributed by atoms with van der Waals surface area (Å²) in [5.74, 6) is -0.228. The van der Waals surface area contributed by atoms with Crippen LogP contribution in [-0.4, -0.2) is 41.4 Å². The molecule has 0 bridgehead atoms. The zero-order valence-corrected chi connectivity index (χ0v) is 19.7. The third kappa shape index (κ3) is 8.86.